The molecule has 4 aliphatic rings. The first-order valence-corrected chi connectivity index (χ1v) is 17.1. The van der Waals surface area contributed by atoms with Crippen LogP contribution in [-0.2, 0) is 42.6 Å². The number of hydrogen-bond acceptors (Lipinski definition) is 10. The van der Waals surface area contributed by atoms with Crippen LogP contribution in [0.3, 0.4) is 0 Å². The molecule has 2 aromatic heterocycles. The van der Waals surface area contributed by atoms with Crippen LogP contribution in [0.4, 0.5) is 0 Å². The molecule has 4 atom stereocenters. The minimum Gasteiger partial charge on any atom is -0.508 e. The van der Waals surface area contributed by atoms with Gasteiger partial charge in [-0.15, -0.1) is 0 Å². The van der Waals surface area contributed by atoms with Gasteiger partial charge in [0.1, 0.15) is 17.2 Å². The van der Waals surface area contributed by atoms with Gasteiger partial charge >= 0.3 is 11.4 Å². The quantitative estimate of drug-likeness (QED) is 0.295. The summed E-state index contributed by atoms with van der Waals surface area (Å²) >= 11 is 0. The number of carbonyl (C=O) groups excluding carboxylic acids is 2. The summed E-state index contributed by atoms with van der Waals surface area (Å²) in [6.07, 6.45) is 5.39. The number of carbonyl (C=O) groups is 2. The van der Waals surface area contributed by atoms with E-state index in [1.54, 1.807) is 51.4 Å². The Morgan fingerprint density at radius 1 is 1.04 bits per heavy atom. The fraction of sp³-hybridized carbons (Fsp3) is 0.368. The Balaban J connectivity index is 1.19. The van der Waals surface area contributed by atoms with Gasteiger partial charge < -0.3 is 23.9 Å². The highest BCUT2D eigenvalue weighted by Crippen LogP contribution is 2.58. The highest BCUT2D eigenvalue weighted by Gasteiger charge is 2.60. The number of allylic oxidation sites excluding steroid dienone is 5. The van der Waals surface area contributed by atoms with E-state index >= 15 is 0 Å². The van der Waals surface area contributed by atoms with Crippen LogP contribution in [0.15, 0.2) is 79.8 Å². The van der Waals surface area contributed by atoms with Crippen molar-refractivity contribution in [2.24, 2.45) is 24.3 Å². The molecule has 0 radical (unpaired) electrons. The lowest BCUT2D eigenvalue weighted by Crippen LogP contribution is -2.56. The Bertz CT molecular complexity index is 2530. The van der Waals surface area contributed by atoms with Crippen molar-refractivity contribution in [3.8, 4) is 23.0 Å². The molecule has 52 heavy (non-hydrogen) atoms. The molecule has 0 saturated heterocycles. The molecule has 0 bridgehead atoms. The second-order valence-electron chi connectivity index (χ2n) is 14.1. The highest BCUT2D eigenvalue weighted by molar-refractivity contribution is 6.12. The minimum atomic E-state index is -1.18. The van der Waals surface area contributed by atoms with Gasteiger partial charge in [0.05, 0.1) is 49.5 Å². The van der Waals surface area contributed by atoms with Crippen LogP contribution in [0.1, 0.15) is 37.6 Å². The Morgan fingerprint density at radius 3 is 2.54 bits per heavy atom. The Hall–Kier alpha value is -5.92. The number of ether oxygens (including phenoxy) is 3. The second kappa shape index (κ2) is 11.8. The van der Waals surface area contributed by atoms with Crippen molar-refractivity contribution < 1.29 is 28.9 Å². The number of rotatable bonds is 6. The number of aromatic nitrogens is 5. The van der Waals surface area contributed by atoms with Crippen LogP contribution < -0.4 is 31.1 Å². The lowest BCUT2D eigenvalue weighted by Gasteiger charge is -2.52. The number of ketones is 2. The number of Topliss-reactive ketones (excluding diaryl/α,β-unsaturated/α-hetero) is 1. The first-order chi connectivity index (χ1) is 24.9. The summed E-state index contributed by atoms with van der Waals surface area (Å²) in [7, 11) is 4.61. The van der Waals surface area contributed by atoms with Crippen LogP contribution in [-0.4, -0.2) is 54.4 Å². The molecule has 14 heteroatoms. The number of methoxy groups -OCH3 is 2. The third-order valence-corrected chi connectivity index (χ3v) is 11.4. The molecule has 268 valence electrons. The first kappa shape index (κ1) is 33.2. The molecule has 2 aliphatic carbocycles. The number of nitrogens with zero attached hydrogens (tertiary/aromatic N) is 5. The van der Waals surface area contributed by atoms with Crippen molar-refractivity contribution in [3.05, 3.63) is 108 Å². The fourth-order valence-electron chi connectivity index (χ4n) is 8.70. The molecule has 1 saturated carbocycles. The lowest BCUT2D eigenvalue weighted by atomic mass is 9.50. The standard InChI is InChI=1S/C38H37N5O9/c1-19-12-32(45)38(2)24(34(19)46)15-27-23(33(38)21-13-20-14-22(44)6-7-29(20)52-18-21)8-11-42-36(48)41(37(49)43(27)42)10-9-25-35(47)40(3)28-17-31(51-5)30(50-4)16-26(28)39-25/h6-8,12,14,16-18,24,27,33,44H,9-11,13,15H2,1-5H3/t24-,27+,33-,38-/m0/s1. The Morgan fingerprint density at radius 2 is 1.79 bits per heavy atom. The fourth-order valence-corrected chi connectivity index (χ4v) is 8.70. The maximum absolute atomic E-state index is 14.3. The van der Waals surface area contributed by atoms with Gasteiger partial charge in [0, 0.05) is 56.0 Å². The third-order valence-electron chi connectivity index (χ3n) is 11.4. The van der Waals surface area contributed by atoms with Gasteiger partial charge in [-0.05, 0) is 54.3 Å². The van der Waals surface area contributed by atoms with E-state index in [1.165, 1.54) is 40.3 Å². The number of aryl methyl sites for hydroxylation is 2. The molecule has 1 N–H and O–H groups in total. The van der Waals surface area contributed by atoms with Crippen LogP contribution in [0, 0.1) is 17.3 Å². The van der Waals surface area contributed by atoms with E-state index in [4.69, 9.17) is 14.2 Å². The summed E-state index contributed by atoms with van der Waals surface area (Å²) in [6.45, 7) is 3.38. The van der Waals surface area contributed by atoms with Crippen molar-refractivity contribution in [3.63, 3.8) is 0 Å². The van der Waals surface area contributed by atoms with Gasteiger partial charge in [0.15, 0.2) is 23.1 Å². The number of benzene rings is 2. The number of fused-ring (bicyclic) bond motifs is 6. The maximum atomic E-state index is 14.3. The van der Waals surface area contributed by atoms with Gasteiger partial charge in [-0.25, -0.2) is 28.5 Å². The topological polar surface area (TPSA) is 166 Å². The third kappa shape index (κ3) is 4.69. The SMILES string of the molecule is COc1cc2nc(CCn3c(=O)n4n(c3=O)[C@@H]3C[C@H]5C(=O)C(C)=CC(=O)[C@@]5(C)[C@@H](C5=COc6ccc(O)cc6C5)C3=CC4)c(=O)n(C)c2cc1OC. The summed E-state index contributed by atoms with van der Waals surface area (Å²) in [5, 5.41) is 10.2. The normalized spacial score (nSPS) is 23.4. The summed E-state index contributed by atoms with van der Waals surface area (Å²) in [4.78, 5) is 74.0. The molecule has 4 heterocycles. The first-order valence-electron chi connectivity index (χ1n) is 17.1. The molecule has 4 aromatic rings. The monoisotopic (exact) mass is 707 g/mol. The molecule has 8 rings (SSSR count). The number of phenols is 1. The van der Waals surface area contributed by atoms with Gasteiger partial charge in [0.2, 0.25) is 0 Å². The molecule has 0 amide bonds. The van der Waals surface area contributed by atoms with E-state index in [0.717, 1.165) is 21.3 Å². The van der Waals surface area contributed by atoms with E-state index in [0.29, 0.717) is 40.3 Å². The van der Waals surface area contributed by atoms with Crippen molar-refractivity contribution in [2.45, 2.75) is 52.2 Å². The van der Waals surface area contributed by atoms with Crippen molar-refractivity contribution >= 4 is 22.6 Å². The van der Waals surface area contributed by atoms with Gasteiger partial charge in [-0.1, -0.05) is 13.0 Å². The van der Waals surface area contributed by atoms with Gasteiger partial charge in [-0.2, -0.15) is 0 Å². The number of phenolic OH excluding ortho intramolecular Hbond substituents is 1. The molecule has 14 nitrogen and oxygen atoms in total. The molecule has 2 aromatic carbocycles. The van der Waals surface area contributed by atoms with E-state index in [9.17, 15) is 29.1 Å². The smallest absolute Gasteiger partial charge is 0.347 e. The highest BCUT2D eigenvalue weighted by atomic mass is 16.5. The van der Waals surface area contributed by atoms with E-state index in [-0.39, 0.29) is 54.5 Å². The zero-order valence-electron chi connectivity index (χ0n) is 29.3. The molecular formula is C38H37N5O9. The van der Waals surface area contributed by atoms with E-state index in [2.05, 4.69) is 4.98 Å². The van der Waals surface area contributed by atoms with Gasteiger partial charge in [0.25, 0.3) is 5.56 Å². The lowest BCUT2D eigenvalue weighted by molar-refractivity contribution is -0.141. The average molecular weight is 708 g/mol. The molecule has 2 aliphatic heterocycles. The summed E-state index contributed by atoms with van der Waals surface area (Å²) in [5.74, 6) is -0.245. The van der Waals surface area contributed by atoms with E-state index in [1.807, 2.05) is 6.08 Å². The zero-order valence-corrected chi connectivity index (χ0v) is 29.3. The van der Waals surface area contributed by atoms with Crippen LogP contribution in [0.2, 0.25) is 0 Å². The zero-order chi connectivity index (χ0) is 36.8. The van der Waals surface area contributed by atoms with E-state index < -0.39 is 34.7 Å². The van der Waals surface area contributed by atoms with Crippen LogP contribution >= 0.6 is 0 Å². The summed E-state index contributed by atoms with van der Waals surface area (Å²) in [5.41, 5.74) is 1.03. The van der Waals surface area contributed by atoms with Crippen molar-refractivity contribution in [1.29, 1.82) is 0 Å². The van der Waals surface area contributed by atoms with Gasteiger partial charge in [-0.3, -0.25) is 14.4 Å². The Labute approximate surface area is 296 Å². The van der Waals surface area contributed by atoms with Crippen LogP contribution in [0.5, 0.6) is 23.0 Å². The maximum Gasteiger partial charge on any atom is 0.347 e. The second-order valence-corrected chi connectivity index (χ2v) is 14.1. The minimum absolute atomic E-state index is 0.00214. The number of hydrogen-bond donors (Lipinski definition) is 1. The van der Waals surface area contributed by atoms with Crippen molar-refractivity contribution in [1.82, 2.24) is 23.5 Å². The molecule has 0 spiro atoms. The van der Waals surface area contributed by atoms with Crippen LogP contribution in [0.25, 0.3) is 11.0 Å². The summed E-state index contributed by atoms with van der Waals surface area (Å²) < 4.78 is 22.1. The van der Waals surface area contributed by atoms with Crippen molar-refractivity contribution in [2.75, 3.05) is 14.2 Å². The number of aromatic hydroxyl groups is 1. The largest absolute Gasteiger partial charge is 0.508 e. The predicted octanol–water partition coefficient (Wildman–Crippen LogP) is 2.76. The average Bonchev–Trinajstić information content (AvgIpc) is 3.38. The summed E-state index contributed by atoms with van der Waals surface area (Å²) in [6, 6.07) is 7.44. The molecular weight excluding hydrogens is 670 g/mol. The predicted molar refractivity (Wildman–Crippen MR) is 188 cm³/mol. The molecule has 0 unspecified atom stereocenters. The molecule has 1 fully saturated rings. The Kier molecular flexibility index (Phi) is 7.56.